The summed E-state index contributed by atoms with van der Waals surface area (Å²) in [6, 6.07) is 8.47. The second kappa shape index (κ2) is 9.19. The molecule has 0 bridgehead atoms. The van der Waals surface area contributed by atoms with Crippen molar-refractivity contribution < 1.29 is 4.79 Å². The number of nitrogens with one attached hydrogen (secondary N) is 1. The van der Waals surface area contributed by atoms with E-state index in [9.17, 15) is 4.79 Å². The van der Waals surface area contributed by atoms with Gasteiger partial charge in [-0.3, -0.25) is 4.79 Å². The van der Waals surface area contributed by atoms with Gasteiger partial charge in [-0.15, -0.1) is 0 Å². The minimum Gasteiger partial charge on any atom is -0.357 e. The highest BCUT2D eigenvalue weighted by molar-refractivity contribution is 5.80. The van der Waals surface area contributed by atoms with Gasteiger partial charge >= 0.3 is 0 Å². The fourth-order valence-corrected chi connectivity index (χ4v) is 5.35. The van der Waals surface area contributed by atoms with Crippen molar-refractivity contribution in [1.82, 2.24) is 15.1 Å². The third kappa shape index (κ3) is 4.76. The third-order valence-corrected chi connectivity index (χ3v) is 7.04. The van der Waals surface area contributed by atoms with Crippen molar-refractivity contribution in [1.29, 1.82) is 0 Å². The summed E-state index contributed by atoms with van der Waals surface area (Å²) in [7, 11) is 0. The van der Waals surface area contributed by atoms with Crippen molar-refractivity contribution in [3.8, 4) is 0 Å². The van der Waals surface area contributed by atoms with Crippen LogP contribution in [-0.2, 0) is 17.9 Å². The van der Waals surface area contributed by atoms with Crippen LogP contribution in [0.5, 0.6) is 0 Å². The number of amides is 1. The molecule has 0 unspecified atom stereocenters. The second-order valence-electron chi connectivity index (χ2n) is 9.09. The molecule has 158 valence electrons. The number of hydrogen-bond donors (Lipinski definition) is 1. The Morgan fingerprint density at radius 2 is 1.86 bits per heavy atom. The van der Waals surface area contributed by atoms with Crippen LogP contribution < -0.4 is 5.32 Å². The number of carbonyl (C=O) groups is 1. The van der Waals surface area contributed by atoms with Crippen LogP contribution in [0, 0.1) is 5.41 Å². The summed E-state index contributed by atoms with van der Waals surface area (Å²) in [6.45, 7) is 7.59. The first-order chi connectivity index (χ1) is 14.2. The predicted octanol–water partition coefficient (Wildman–Crippen LogP) is 3.93. The van der Waals surface area contributed by atoms with Crippen molar-refractivity contribution in [2.45, 2.75) is 71.4 Å². The molecule has 2 saturated heterocycles. The van der Waals surface area contributed by atoms with E-state index in [1.807, 2.05) is 4.90 Å². The quantitative estimate of drug-likeness (QED) is 0.606. The maximum absolute atomic E-state index is 12.0. The first-order valence-electron chi connectivity index (χ1n) is 11.6. The van der Waals surface area contributed by atoms with E-state index in [2.05, 4.69) is 41.4 Å². The fourth-order valence-electron chi connectivity index (χ4n) is 5.35. The largest absolute Gasteiger partial charge is 0.357 e. The van der Waals surface area contributed by atoms with Gasteiger partial charge in [0.25, 0.3) is 0 Å². The zero-order chi connectivity index (χ0) is 20.1. The highest BCUT2D eigenvalue weighted by Crippen LogP contribution is 2.43. The normalized spacial score (nSPS) is 22.0. The Labute approximate surface area is 175 Å². The molecule has 1 aliphatic carbocycles. The molecule has 3 aliphatic rings. The molecule has 1 amide bonds. The van der Waals surface area contributed by atoms with Gasteiger partial charge in [0.05, 0.1) is 6.54 Å². The molecule has 5 heteroatoms. The van der Waals surface area contributed by atoms with E-state index >= 15 is 0 Å². The summed E-state index contributed by atoms with van der Waals surface area (Å²) in [6.07, 6.45) is 9.96. The van der Waals surface area contributed by atoms with Gasteiger partial charge in [-0.2, -0.15) is 0 Å². The molecule has 4 rings (SSSR count). The number of nitrogens with zero attached hydrogens (tertiary/aromatic N) is 3. The number of guanidine groups is 1. The van der Waals surface area contributed by atoms with Crippen LogP contribution in [0.4, 0.5) is 0 Å². The van der Waals surface area contributed by atoms with Gasteiger partial charge in [-0.1, -0.05) is 43.5 Å². The molecular formula is C24H36N4O. The highest BCUT2D eigenvalue weighted by atomic mass is 16.2. The van der Waals surface area contributed by atoms with Crippen LogP contribution in [0.2, 0.25) is 0 Å². The summed E-state index contributed by atoms with van der Waals surface area (Å²) >= 11 is 0. The molecule has 5 nitrogen and oxygen atoms in total. The number of carbonyl (C=O) groups excluding carboxylic acids is 1. The number of hydrogen-bond acceptors (Lipinski definition) is 2. The average molecular weight is 397 g/mol. The summed E-state index contributed by atoms with van der Waals surface area (Å²) < 4.78 is 0. The Bertz CT molecular complexity index is 738. The van der Waals surface area contributed by atoms with E-state index in [1.54, 1.807) is 0 Å². The number of benzene rings is 1. The Morgan fingerprint density at radius 1 is 1.07 bits per heavy atom. The van der Waals surface area contributed by atoms with Crippen LogP contribution in [0.25, 0.3) is 0 Å². The maximum Gasteiger partial charge on any atom is 0.222 e. The van der Waals surface area contributed by atoms with Crippen molar-refractivity contribution in [3.05, 3.63) is 35.4 Å². The van der Waals surface area contributed by atoms with Crippen LogP contribution in [0.1, 0.15) is 69.4 Å². The minimum atomic E-state index is 0.284. The van der Waals surface area contributed by atoms with Crippen LogP contribution in [0.15, 0.2) is 29.3 Å². The molecule has 29 heavy (non-hydrogen) atoms. The van der Waals surface area contributed by atoms with Gasteiger partial charge in [-0.05, 0) is 49.1 Å². The number of aliphatic imine (C=N–C) groups is 1. The van der Waals surface area contributed by atoms with E-state index in [-0.39, 0.29) is 5.91 Å². The second-order valence-corrected chi connectivity index (χ2v) is 9.09. The molecule has 0 aromatic heterocycles. The maximum atomic E-state index is 12.0. The van der Waals surface area contributed by atoms with E-state index in [1.165, 1.54) is 49.7 Å². The predicted molar refractivity (Wildman–Crippen MR) is 118 cm³/mol. The SMILES string of the molecule is CCNC(=NCc1ccccc1CN1CCCC1=O)N1CCC2(CCCCC2)C1. The lowest BCUT2D eigenvalue weighted by atomic mass is 9.73. The smallest absolute Gasteiger partial charge is 0.222 e. The summed E-state index contributed by atoms with van der Waals surface area (Å²) in [5.74, 6) is 1.34. The first-order valence-corrected chi connectivity index (χ1v) is 11.6. The van der Waals surface area contributed by atoms with Gasteiger partial charge in [0.15, 0.2) is 5.96 Å². The first kappa shape index (κ1) is 20.2. The lowest BCUT2D eigenvalue weighted by Gasteiger charge is -2.33. The van der Waals surface area contributed by atoms with Crippen molar-refractivity contribution in [2.24, 2.45) is 10.4 Å². The van der Waals surface area contributed by atoms with E-state index in [0.29, 0.717) is 24.9 Å². The third-order valence-electron chi connectivity index (χ3n) is 7.04. The van der Waals surface area contributed by atoms with E-state index in [0.717, 1.165) is 38.6 Å². The Kier molecular flexibility index (Phi) is 6.41. The summed E-state index contributed by atoms with van der Waals surface area (Å²) in [5, 5.41) is 3.53. The topological polar surface area (TPSA) is 47.9 Å². The fraction of sp³-hybridized carbons (Fsp3) is 0.667. The number of rotatable bonds is 5. The molecule has 1 aromatic rings. The molecule has 1 N–H and O–H groups in total. The molecule has 3 fully saturated rings. The van der Waals surface area contributed by atoms with Crippen LogP contribution in [0.3, 0.4) is 0 Å². The summed E-state index contributed by atoms with van der Waals surface area (Å²) in [5.41, 5.74) is 2.99. The van der Waals surface area contributed by atoms with Crippen LogP contribution in [-0.4, -0.2) is 47.8 Å². The molecule has 1 aromatic carbocycles. The van der Waals surface area contributed by atoms with Gasteiger partial charge in [0.2, 0.25) is 5.91 Å². The van der Waals surface area contributed by atoms with E-state index in [4.69, 9.17) is 4.99 Å². The molecule has 0 atom stereocenters. The molecular weight excluding hydrogens is 360 g/mol. The average Bonchev–Trinajstić information content (AvgIpc) is 3.33. The van der Waals surface area contributed by atoms with Crippen molar-refractivity contribution in [3.63, 3.8) is 0 Å². The molecule has 2 heterocycles. The molecule has 1 saturated carbocycles. The zero-order valence-electron chi connectivity index (χ0n) is 18.0. The minimum absolute atomic E-state index is 0.284. The Hall–Kier alpha value is -2.04. The highest BCUT2D eigenvalue weighted by Gasteiger charge is 2.39. The van der Waals surface area contributed by atoms with Gasteiger partial charge in [0, 0.05) is 39.1 Å². The molecule has 2 aliphatic heterocycles. The van der Waals surface area contributed by atoms with Gasteiger partial charge in [-0.25, -0.2) is 4.99 Å². The lowest BCUT2D eigenvalue weighted by molar-refractivity contribution is -0.128. The van der Waals surface area contributed by atoms with Crippen LogP contribution >= 0.6 is 0 Å². The Morgan fingerprint density at radius 3 is 2.59 bits per heavy atom. The standard InChI is InChI=1S/C24H36N4O/c1-2-25-23(28-16-14-24(19-28)12-6-3-7-13-24)26-17-20-9-4-5-10-21(20)18-27-15-8-11-22(27)29/h4-5,9-10H,2-3,6-8,11-19H2,1H3,(H,25,26). The lowest BCUT2D eigenvalue weighted by Crippen LogP contribution is -2.41. The Balaban J connectivity index is 1.45. The van der Waals surface area contributed by atoms with Crippen molar-refractivity contribution in [2.75, 3.05) is 26.2 Å². The van der Waals surface area contributed by atoms with Gasteiger partial charge < -0.3 is 15.1 Å². The van der Waals surface area contributed by atoms with Crippen molar-refractivity contribution >= 4 is 11.9 Å². The molecule has 0 radical (unpaired) electrons. The van der Waals surface area contributed by atoms with E-state index < -0.39 is 0 Å². The summed E-state index contributed by atoms with van der Waals surface area (Å²) in [4.78, 5) is 21.5. The monoisotopic (exact) mass is 396 g/mol. The number of likely N-dealkylation sites (tertiary alicyclic amines) is 2. The zero-order valence-corrected chi connectivity index (χ0v) is 18.0. The molecule has 1 spiro atoms. The van der Waals surface area contributed by atoms with Gasteiger partial charge in [0.1, 0.15) is 0 Å².